The molecule has 3 rings (SSSR count). The smallest absolute Gasteiger partial charge is 0.230 e. The normalized spacial score (nSPS) is 29.1. The summed E-state index contributed by atoms with van der Waals surface area (Å²) in [7, 11) is 0. The molecular formula is C15H12O5. The molecule has 2 atom stereocenters. The van der Waals surface area contributed by atoms with Crippen molar-refractivity contribution in [1.29, 1.82) is 0 Å². The Morgan fingerprint density at radius 1 is 1.05 bits per heavy atom. The summed E-state index contributed by atoms with van der Waals surface area (Å²) in [5, 5.41) is 29.3. The van der Waals surface area contributed by atoms with Crippen LogP contribution in [0, 0.1) is 5.92 Å². The molecule has 0 saturated carbocycles. The largest absolute Gasteiger partial charge is 0.508 e. The lowest BCUT2D eigenvalue weighted by molar-refractivity contribution is -0.124. The summed E-state index contributed by atoms with van der Waals surface area (Å²) in [4.78, 5) is 24.0. The second-order valence-electron chi connectivity index (χ2n) is 5.03. The van der Waals surface area contributed by atoms with Gasteiger partial charge in [-0.2, -0.15) is 0 Å². The highest BCUT2D eigenvalue weighted by Crippen LogP contribution is 2.39. The monoisotopic (exact) mass is 272 g/mol. The van der Waals surface area contributed by atoms with Gasteiger partial charge >= 0.3 is 0 Å². The summed E-state index contributed by atoms with van der Waals surface area (Å²) in [6.07, 6.45) is 4.27. The van der Waals surface area contributed by atoms with Gasteiger partial charge in [0.2, 0.25) is 5.78 Å². The number of aliphatic hydroxyl groups is 3. The Labute approximate surface area is 114 Å². The van der Waals surface area contributed by atoms with Crippen LogP contribution in [0.1, 0.15) is 6.92 Å². The molecule has 0 heterocycles. The van der Waals surface area contributed by atoms with Crippen molar-refractivity contribution in [3.8, 4) is 0 Å². The predicted octanol–water partition coefficient (Wildman–Crippen LogP) is 1.20. The molecule has 0 amide bonds. The molecule has 20 heavy (non-hydrogen) atoms. The Bertz CT molecular complexity index is 700. The molecule has 3 N–H and O–H groups in total. The van der Waals surface area contributed by atoms with E-state index in [9.17, 15) is 24.9 Å². The average Bonchev–Trinajstić information content (AvgIpc) is 2.39. The third kappa shape index (κ3) is 1.60. The number of carbonyl (C=O) groups is 2. The summed E-state index contributed by atoms with van der Waals surface area (Å²) < 4.78 is 0. The van der Waals surface area contributed by atoms with E-state index >= 15 is 0 Å². The van der Waals surface area contributed by atoms with Crippen molar-refractivity contribution >= 4 is 11.6 Å². The van der Waals surface area contributed by atoms with E-state index in [0.717, 1.165) is 11.6 Å². The first-order chi connectivity index (χ1) is 9.40. The van der Waals surface area contributed by atoms with Crippen molar-refractivity contribution in [2.24, 2.45) is 5.92 Å². The van der Waals surface area contributed by atoms with E-state index in [0.29, 0.717) is 5.57 Å². The Morgan fingerprint density at radius 3 is 2.45 bits per heavy atom. The highest BCUT2D eigenvalue weighted by Gasteiger charge is 2.39. The van der Waals surface area contributed by atoms with Crippen molar-refractivity contribution in [2.75, 3.05) is 0 Å². The van der Waals surface area contributed by atoms with Gasteiger partial charge in [-0.1, -0.05) is 11.6 Å². The van der Waals surface area contributed by atoms with E-state index in [1.807, 2.05) is 0 Å². The van der Waals surface area contributed by atoms with E-state index in [1.54, 1.807) is 13.0 Å². The number of carbonyl (C=O) groups excluding carboxylic acids is 2. The number of hydrogen-bond acceptors (Lipinski definition) is 5. The number of aliphatic hydroxyl groups excluding tert-OH is 3. The fraction of sp³-hybridized carbons (Fsp3) is 0.200. The first kappa shape index (κ1) is 12.6. The van der Waals surface area contributed by atoms with Gasteiger partial charge in [-0.3, -0.25) is 9.59 Å². The maximum Gasteiger partial charge on any atom is 0.230 e. The second kappa shape index (κ2) is 4.05. The van der Waals surface area contributed by atoms with Gasteiger partial charge in [0.1, 0.15) is 11.9 Å². The zero-order valence-electron chi connectivity index (χ0n) is 10.6. The summed E-state index contributed by atoms with van der Waals surface area (Å²) in [6, 6.07) is 0. The molecule has 0 aromatic heterocycles. The van der Waals surface area contributed by atoms with Gasteiger partial charge in [0.15, 0.2) is 11.5 Å². The standard InChI is InChI=1S/C15H12O5/c1-6-2-8-7(11(16)3-6)4-9-10(13(8)18)5-12(17)15(20)14(9)19/h2-5,8,12,16-17,19H,1H3/t8-,12-/m1/s1. The zero-order valence-corrected chi connectivity index (χ0v) is 10.6. The predicted molar refractivity (Wildman–Crippen MR) is 69.8 cm³/mol. The maximum absolute atomic E-state index is 12.4. The highest BCUT2D eigenvalue weighted by atomic mass is 16.3. The van der Waals surface area contributed by atoms with Gasteiger partial charge in [0.25, 0.3) is 0 Å². The van der Waals surface area contributed by atoms with E-state index in [2.05, 4.69) is 0 Å². The van der Waals surface area contributed by atoms with Crippen LogP contribution in [0.3, 0.4) is 0 Å². The molecule has 0 saturated heterocycles. The van der Waals surface area contributed by atoms with Crippen LogP contribution in [0.5, 0.6) is 0 Å². The Hall–Kier alpha value is -2.40. The zero-order chi connectivity index (χ0) is 14.6. The minimum atomic E-state index is -1.51. The van der Waals surface area contributed by atoms with Crippen LogP contribution >= 0.6 is 0 Å². The molecule has 0 aromatic carbocycles. The SMILES string of the molecule is CC1=C[C@H]2C(=O)C3=C[C@@H](O)C(=O)C(O)=C3C=C2C(O)=C1. The van der Waals surface area contributed by atoms with Crippen LogP contribution < -0.4 is 0 Å². The van der Waals surface area contributed by atoms with Gasteiger partial charge in [-0.25, -0.2) is 0 Å². The first-order valence-electron chi connectivity index (χ1n) is 6.13. The molecule has 3 aliphatic carbocycles. The lowest BCUT2D eigenvalue weighted by Crippen LogP contribution is -2.33. The van der Waals surface area contributed by atoms with Gasteiger partial charge in [-0.15, -0.1) is 0 Å². The van der Waals surface area contributed by atoms with Crippen molar-refractivity contribution < 1.29 is 24.9 Å². The summed E-state index contributed by atoms with van der Waals surface area (Å²) in [5.41, 5.74) is 1.28. The quantitative estimate of drug-likeness (QED) is 0.616. The topological polar surface area (TPSA) is 94.8 Å². The average molecular weight is 272 g/mol. The van der Waals surface area contributed by atoms with Crippen LogP contribution in [0.15, 0.2) is 58.1 Å². The minimum absolute atomic E-state index is 0.0544. The van der Waals surface area contributed by atoms with E-state index in [-0.39, 0.29) is 22.7 Å². The van der Waals surface area contributed by atoms with Crippen LogP contribution in [-0.4, -0.2) is 33.0 Å². The molecular weight excluding hydrogens is 260 g/mol. The molecule has 5 heteroatoms. The molecule has 0 aromatic rings. The molecule has 0 radical (unpaired) electrons. The summed E-state index contributed by atoms with van der Waals surface area (Å²) in [5.74, 6) is -2.55. The van der Waals surface area contributed by atoms with Gasteiger partial charge in [-0.05, 0) is 25.2 Å². The van der Waals surface area contributed by atoms with Crippen LogP contribution in [-0.2, 0) is 9.59 Å². The molecule has 0 unspecified atom stereocenters. The fourth-order valence-corrected chi connectivity index (χ4v) is 2.65. The van der Waals surface area contributed by atoms with Crippen LogP contribution in [0.4, 0.5) is 0 Å². The van der Waals surface area contributed by atoms with Crippen LogP contribution in [0.25, 0.3) is 0 Å². The Balaban J connectivity index is 2.24. The number of hydrogen-bond donors (Lipinski definition) is 3. The summed E-state index contributed by atoms with van der Waals surface area (Å²) in [6.45, 7) is 1.76. The van der Waals surface area contributed by atoms with Gasteiger partial charge < -0.3 is 15.3 Å². The number of fused-ring (bicyclic) bond motifs is 2. The lowest BCUT2D eigenvalue weighted by Gasteiger charge is -2.29. The van der Waals surface area contributed by atoms with E-state index in [4.69, 9.17) is 0 Å². The summed E-state index contributed by atoms with van der Waals surface area (Å²) >= 11 is 0. The van der Waals surface area contributed by atoms with E-state index in [1.165, 1.54) is 12.2 Å². The van der Waals surface area contributed by atoms with Crippen molar-refractivity contribution in [2.45, 2.75) is 13.0 Å². The maximum atomic E-state index is 12.4. The number of rotatable bonds is 0. The highest BCUT2D eigenvalue weighted by molar-refractivity contribution is 6.13. The molecule has 5 nitrogen and oxygen atoms in total. The second-order valence-corrected chi connectivity index (χ2v) is 5.03. The molecule has 0 spiro atoms. The van der Waals surface area contributed by atoms with Crippen molar-refractivity contribution in [1.82, 2.24) is 0 Å². The molecule has 0 aliphatic heterocycles. The number of allylic oxidation sites excluding steroid dienone is 7. The Kier molecular flexibility index (Phi) is 2.55. The first-order valence-corrected chi connectivity index (χ1v) is 6.13. The molecule has 0 bridgehead atoms. The number of Topliss-reactive ketones (excluding diaryl/α,β-unsaturated/α-hetero) is 2. The third-order valence-electron chi connectivity index (χ3n) is 3.64. The lowest BCUT2D eigenvalue weighted by atomic mass is 9.74. The van der Waals surface area contributed by atoms with Crippen LogP contribution in [0.2, 0.25) is 0 Å². The minimum Gasteiger partial charge on any atom is -0.508 e. The molecule has 0 fully saturated rings. The molecule has 102 valence electrons. The molecule has 3 aliphatic rings. The van der Waals surface area contributed by atoms with Crippen molar-refractivity contribution in [3.05, 3.63) is 58.1 Å². The van der Waals surface area contributed by atoms with E-state index < -0.39 is 23.6 Å². The third-order valence-corrected chi connectivity index (χ3v) is 3.64. The Morgan fingerprint density at radius 2 is 1.75 bits per heavy atom. The van der Waals surface area contributed by atoms with Gasteiger partial charge in [0.05, 0.1) is 5.92 Å². The number of ketones is 2. The van der Waals surface area contributed by atoms with Crippen molar-refractivity contribution in [3.63, 3.8) is 0 Å². The van der Waals surface area contributed by atoms with Gasteiger partial charge in [0, 0.05) is 16.7 Å². The fourth-order valence-electron chi connectivity index (χ4n) is 2.65.